The molecule has 0 spiro atoms. The second-order valence-electron chi connectivity index (χ2n) is 3.78. The number of methoxy groups -OCH3 is 1. The molecule has 0 radical (unpaired) electrons. The highest BCUT2D eigenvalue weighted by Crippen LogP contribution is 2.20. The average Bonchev–Trinajstić information content (AvgIpc) is 2.36. The molecule has 17 heavy (non-hydrogen) atoms. The van der Waals surface area contributed by atoms with E-state index >= 15 is 0 Å². The van der Waals surface area contributed by atoms with E-state index in [0.717, 1.165) is 10.2 Å². The second-order valence-corrected chi connectivity index (χ2v) is 4.36. The molecule has 0 heterocycles. The highest BCUT2D eigenvalue weighted by molar-refractivity contribution is 6.08. The van der Waals surface area contributed by atoms with Crippen molar-refractivity contribution in [3.63, 3.8) is 0 Å². The lowest BCUT2D eigenvalue weighted by Crippen LogP contribution is -2.45. The van der Waals surface area contributed by atoms with Crippen molar-refractivity contribution in [2.45, 2.75) is 51.0 Å². The minimum atomic E-state index is -0.506. The fraction of sp³-hybridized carbons (Fsp3) is 1.00. The maximum Gasteiger partial charge on any atom is 0.120 e. The first-order chi connectivity index (χ1) is 8.19. The summed E-state index contributed by atoms with van der Waals surface area (Å²) in [6.45, 7) is 3.71. The number of ether oxygens (including phenoxy) is 2. The predicted molar refractivity (Wildman–Crippen MR) is 70.2 cm³/mol. The van der Waals surface area contributed by atoms with Gasteiger partial charge in [0, 0.05) is 23.6 Å². The van der Waals surface area contributed by atoms with Crippen molar-refractivity contribution in [2.75, 3.05) is 13.3 Å². The van der Waals surface area contributed by atoms with E-state index < -0.39 is 24.3 Å². The lowest BCUT2D eigenvalue weighted by atomic mass is 9.96. The van der Waals surface area contributed by atoms with Crippen LogP contribution in [0.4, 0.5) is 0 Å². The number of hydrogen-bond acceptors (Lipinski definition) is 6. The zero-order chi connectivity index (χ0) is 13.3. The summed E-state index contributed by atoms with van der Waals surface area (Å²) in [5.41, 5.74) is 0. The van der Waals surface area contributed by atoms with Crippen LogP contribution in [0.1, 0.15) is 26.7 Å². The molecule has 0 aromatic rings. The molecule has 0 aromatic carbocycles. The molecule has 0 aliphatic rings. The van der Waals surface area contributed by atoms with Crippen LogP contribution in [0.3, 0.4) is 0 Å². The summed E-state index contributed by atoms with van der Waals surface area (Å²) in [5, 5.41) is 6.11. The Balaban J connectivity index is 4.94. The van der Waals surface area contributed by atoms with Gasteiger partial charge in [0.05, 0.1) is 0 Å². The van der Waals surface area contributed by atoms with Gasteiger partial charge in [-0.2, -0.15) is 9.81 Å². The van der Waals surface area contributed by atoms with E-state index in [2.05, 4.69) is 10.4 Å². The zero-order valence-corrected chi connectivity index (χ0v) is 13.0. The monoisotopic (exact) mass is 262 g/mol. The molecular formula is C10H22N2O4Si. The normalized spacial score (nSPS) is 18.3. The quantitative estimate of drug-likeness (QED) is 0.431. The number of rotatable bonds is 10. The first kappa shape index (κ1) is 16.3. The molecule has 4 atom stereocenters. The molecule has 100 valence electrons. The highest BCUT2D eigenvalue weighted by atomic mass is 28.1. The second kappa shape index (κ2) is 9.38. The maximum absolute atomic E-state index is 10.8. The van der Waals surface area contributed by atoms with E-state index in [0.29, 0.717) is 19.1 Å². The molecule has 7 heteroatoms. The van der Waals surface area contributed by atoms with Gasteiger partial charge in [0.25, 0.3) is 0 Å². The lowest BCUT2D eigenvalue weighted by Gasteiger charge is -2.30. The first-order valence-electron chi connectivity index (χ1n) is 5.99. The molecule has 0 fully saturated rings. The Labute approximate surface area is 105 Å². The van der Waals surface area contributed by atoms with Gasteiger partial charge in [0.2, 0.25) is 0 Å². The molecule has 0 bridgehead atoms. The maximum atomic E-state index is 10.8. The van der Waals surface area contributed by atoms with Gasteiger partial charge < -0.3 is 9.47 Å². The van der Waals surface area contributed by atoms with Crippen LogP contribution in [-0.4, -0.2) is 47.9 Å². The topological polar surface area (TPSA) is 77.3 Å². The van der Waals surface area contributed by atoms with Crippen LogP contribution >= 0.6 is 0 Å². The fourth-order valence-electron chi connectivity index (χ4n) is 1.86. The van der Waals surface area contributed by atoms with Crippen LogP contribution in [0.25, 0.3) is 0 Å². The Bertz CT molecular complexity index is 230. The zero-order valence-electron chi connectivity index (χ0n) is 11.0. The van der Waals surface area contributed by atoms with Gasteiger partial charge >= 0.3 is 0 Å². The van der Waals surface area contributed by atoms with Gasteiger partial charge in [-0.05, 0) is 12.8 Å². The van der Waals surface area contributed by atoms with Crippen molar-refractivity contribution in [2.24, 2.45) is 10.4 Å². The predicted octanol–water partition coefficient (Wildman–Crippen LogP) is 0.799. The Hall–Kier alpha value is -0.663. The minimum Gasteiger partial charge on any atom is -0.377 e. The molecular weight excluding hydrogens is 240 g/mol. The summed E-state index contributed by atoms with van der Waals surface area (Å²) in [6, 6.07) is -1.00. The molecule has 0 aliphatic carbocycles. The van der Waals surface area contributed by atoms with E-state index in [1.165, 1.54) is 7.11 Å². The van der Waals surface area contributed by atoms with E-state index in [1.807, 2.05) is 13.8 Å². The van der Waals surface area contributed by atoms with Gasteiger partial charge in [0.15, 0.2) is 0 Å². The van der Waals surface area contributed by atoms with Crippen molar-refractivity contribution in [1.29, 1.82) is 0 Å². The average molecular weight is 262 g/mol. The van der Waals surface area contributed by atoms with Crippen LogP contribution in [0, 0.1) is 9.81 Å². The Morgan fingerprint density at radius 2 is 1.53 bits per heavy atom. The Kier molecular flexibility index (Phi) is 9.01. The number of hydrogen-bond donors (Lipinski definition) is 0. The van der Waals surface area contributed by atoms with Gasteiger partial charge in [-0.25, -0.2) is 0 Å². The molecule has 0 saturated carbocycles. The molecule has 6 nitrogen and oxygen atoms in total. The Morgan fingerprint density at radius 1 is 1.06 bits per heavy atom. The van der Waals surface area contributed by atoms with Gasteiger partial charge in [0.1, 0.15) is 24.3 Å². The highest BCUT2D eigenvalue weighted by Gasteiger charge is 2.36. The summed E-state index contributed by atoms with van der Waals surface area (Å²) in [7, 11) is 2.35. The van der Waals surface area contributed by atoms with Gasteiger partial charge in [-0.3, -0.25) is 0 Å². The van der Waals surface area contributed by atoms with Crippen molar-refractivity contribution >= 4 is 10.2 Å². The number of nitrogens with zero attached hydrogens (tertiary/aromatic N) is 2. The molecule has 0 rings (SSSR count). The lowest BCUT2D eigenvalue weighted by molar-refractivity contribution is -0.0652. The molecule has 0 aliphatic heterocycles. The van der Waals surface area contributed by atoms with Crippen LogP contribution in [0.2, 0.25) is 0 Å². The Morgan fingerprint density at radius 3 is 1.82 bits per heavy atom. The summed E-state index contributed by atoms with van der Waals surface area (Å²) < 4.78 is 10.9. The summed E-state index contributed by atoms with van der Waals surface area (Å²) >= 11 is 0. The summed E-state index contributed by atoms with van der Waals surface area (Å²) in [6.07, 6.45) is 0.700. The van der Waals surface area contributed by atoms with Crippen molar-refractivity contribution in [3.05, 3.63) is 9.81 Å². The molecule has 0 aromatic heterocycles. The smallest absolute Gasteiger partial charge is 0.120 e. The fourth-order valence-corrected chi connectivity index (χ4v) is 2.25. The summed E-state index contributed by atoms with van der Waals surface area (Å²) in [5.74, 6) is 0. The standard InChI is InChI=1S/C10H22N2O4Si/c1-4-7(11-13)9(15-3)10(16-6-17)8(5-2)12-14/h7-10H,4-6H2,1-3,17H3. The SMILES string of the molecule is CCC(N=O)C(OC)C(OC[SiH3])C(CC)N=O. The largest absolute Gasteiger partial charge is 0.377 e. The van der Waals surface area contributed by atoms with E-state index in [-0.39, 0.29) is 0 Å². The van der Waals surface area contributed by atoms with Crippen molar-refractivity contribution < 1.29 is 9.47 Å². The van der Waals surface area contributed by atoms with Crippen LogP contribution in [-0.2, 0) is 9.47 Å². The number of nitroso groups, excluding NO2 is 2. The van der Waals surface area contributed by atoms with Crippen LogP contribution in [0.5, 0.6) is 0 Å². The summed E-state index contributed by atoms with van der Waals surface area (Å²) in [4.78, 5) is 21.5. The minimum absolute atomic E-state index is 0.484. The van der Waals surface area contributed by atoms with E-state index in [4.69, 9.17) is 9.47 Å². The third-order valence-corrected chi connectivity index (χ3v) is 3.15. The van der Waals surface area contributed by atoms with E-state index in [1.54, 1.807) is 0 Å². The molecule has 4 unspecified atom stereocenters. The third-order valence-electron chi connectivity index (χ3n) is 2.82. The van der Waals surface area contributed by atoms with Gasteiger partial charge in [-0.15, -0.1) is 0 Å². The van der Waals surface area contributed by atoms with Gasteiger partial charge in [-0.1, -0.05) is 24.2 Å². The van der Waals surface area contributed by atoms with Crippen molar-refractivity contribution in [3.8, 4) is 0 Å². The van der Waals surface area contributed by atoms with E-state index in [9.17, 15) is 9.81 Å². The van der Waals surface area contributed by atoms with Crippen molar-refractivity contribution in [1.82, 2.24) is 0 Å². The van der Waals surface area contributed by atoms with Crippen LogP contribution < -0.4 is 0 Å². The molecule has 0 amide bonds. The first-order valence-corrected chi connectivity index (χ1v) is 7.40. The third kappa shape index (κ3) is 4.61. The van der Waals surface area contributed by atoms with Crippen LogP contribution in [0.15, 0.2) is 10.4 Å². The molecule has 0 saturated heterocycles. The molecule has 0 N–H and O–H groups in total.